The average Bonchev–Trinajstić information content (AvgIpc) is 2.72. The lowest BCUT2D eigenvalue weighted by molar-refractivity contribution is 0.505. The first-order valence-corrected chi connectivity index (χ1v) is 6.08. The van der Waals surface area contributed by atoms with E-state index < -0.39 is 0 Å². The van der Waals surface area contributed by atoms with E-state index in [0.29, 0.717) is 0 Å². The van der Waals surface area contributed by atoms with E-state index in [1.54, 1.807) is 0 Å². The Bertz CT molecular complexity index is 531. The van der Waals surface area contributed by atoms with Gasteiger partial charge in [-0.25, -0.2) is 4.98 Å². The van der Waals surface area contributed by atoms with Crippen LogP contribution in [0.5, 0.6) is 0 Å². The summed E-state index contributed by atoms with van der Waals surface area (Å²) in [7, 11) is 0. The summed E-state index contributed by atoms with van der Waals surface area (Å²) in [5.41, 5.74) is 4.95. The summed E-state index contributed by atoms with van der Waals surface area (Å²) in [4.78, 5) is 4.71. The van der Waals surface area contributed by atoms with Crippen molar-refractivity contribution in [2.45, 2.75) is 26.9 Å². The van der Waals surface area contributed by atoms with Crippen LogP contribution >= 0.6 is 0 Å². The van der Waals surface area contributed by atoms with Gasteiger partial charge in [0.05, 0.1) is 12.2 Å². The van der Waals surface area contributed by atoms with Gasteiger partial charge < -0.3 is 9.88 Å². The third-order valence-corrected chi connectivity index (χ3v) is 3.33. The number of fused-ring (bicyclic) bond motifs is 1. The topological polar surface area (TPSA) is 29.9 Å². The number of benzene rings is 1. The summed E-state index contributed by atoms with van der Waals surface area (Å²) in [5, 5.41) is 3.35. The van der Waals surface area contributed by atoms with Crippen molar-refractivity contribution in [2.75, 3.05) is 6.54 Å². The minimum atomic E-state index is 0.880. The zero-order valence-electron chi connectivity index (χ0n) is 10.3. The molecule has 0 radical (unpaired) electrons. The zero-order chi connectivity index (χ0) is 11.8. The lowest BCUT2D eigenvalue weighted by Gasteiger charge is -2.13. The molecule has 0 spiro atoms. The van der Waals surface area contributed by atoms with Gasteiger partial charge >= 0.3 is 0 Å². The Kier molecular flexibility index (Phi) is 2.48. The quantitative estimate of drug-likeness (QED) is 0.810. The highest BCUT2D eigenvalue weighted by Crippen LogP contribution is 2.24. The molecule has 2 aromatic rings. The average molecular weight is 227 g/mol. The molecular weight excluding hydrogens is 210 g/mol. The molecule has 0 saturated heterocycles. The number of hydrogen-bond donors (Lipinski definition) is 1. The molecule has 3 heteroatoms. The maximum atomic E-state index is 4.71. The van der Waals surface area contributed by atoms with Crippen molar-refractivity contribution in [3.8, 4) is 11.3 Å². The van der Waals surface area contributed by atoms with Crippen LogP contribution in [0, 0.1) is 13.8 Å². The van der Waals surface area contributed by atoms with E-state index in [2.05, 4.69) is 48.1 Å². The lowest BCUT2D eigenvalue weighted by atomic mass is 10.0. The minimum absolute atomic E-state index is 0.880. The van der Waals surface area contributed by atoms with Gasteiger partial charge in [-0.3, -0.25) is 0 Å². The summed E-state index contributed by atoms with van der Waals surface area (Å²) >= 11 is 0. The van der Waals surface area contributed by atoms with Gasteiger partial charge in [0.2, 0.25) is 0 Å². The van der Waals surface area contributed by atoms with Crippen molar-refractivity contribution in [3.05, 3.63) is 41.3 Å². The smallest absolute Gasteiger partial charge is 0.123 e. The maximum absolute atomic E-state index is 4.71. The van der Waals surface area contributed by atoms with Crippen LogP contribution in [0.25, 0.3) is 11.3 Å². The Hall–Kier alpha value is -1.61. The van der Waals surface area contributed by atoms with Crippen LogP contribution in [0.2, 0.25) is 0 Å². The number of imidazole rings is 1. The molecular formula is C14H17N3. The van der Waals surface area contributed by atoms with Crippen LogP contribution in [0.4, 0.5) is 0 Å². The van der Waals surface area contributed by atoms with E-state index in [4.69, 9.17) is 4.98 Å². The summed E-state index contributed by atoms with van der Waals surface area (Å²) in [6, 6.07) is 6.54. The predicted octanol–water partition coefficient (Wildman–Crippen LogP) is 2.27. The number of rotatable bonds is 1. The second-order valence-corrected chi connectivity index (χ2v) is 4.73. The normalized spacial score (nSPS) is 14.7. The number of aryl methyl sites for hydroxylation is 2. The molecule has 0 atom stereocenters. The highest BCUT2D eigenvalue weighted by Gasteiger charge is 2.13. The van der Waals surface area contributed by atoms with Gasteiger partial charge in [-0.15, -0.1) is 0 Å². The molecule has 1 N–H and O–H groups in total. The third-order valence-electron chi connectivity index (χ3n) is 3.33. The highest BCUT2D eigenvalue weighted by molar-refractivity contribution is 5.63. The fourth-order valence-corrected chi connectivity index (χ4v) is 2.42. The van der Waals surface area contributed by atoms with Crippen molar-refractivity contribution in [1.29, 1.82) is 0 Å². The molecule has 0 amide bonds. The Labute approximate surface area is 101 Å². The van der Waals surface area contributed by atoms with Gasteiger partial charge in [0.25, 0.3) is 0 Å². The number of nitrogens with zero attached hydrogens (tertiary/aromatic N) is 2. The molecule has 1 aromatic carbocycles. The summed E-state index contributed by atoms with van der Waals surface area (Å²) in [5.74, 6) is 1.14. The first-order chi connectivity index (χ1) is 8.24. The van der Waals surface area contributed by atoms with E-state index in [1.807, 2.05) is 0 Å². The maximum Gasteiger partial charge on any atom is 0.123 e. The van der Waals surface area contributed by atoms with Gasteiger partial charge in [0.15, 0.2) is 0 Å². The fraction of sp³-hybridized carbons (Fsp3) is 0.357. The van der Waals surface area contributed by atoms with Crippen LogP contribution in [-0.2, 0) is 13.1 Å². The molecule has 1 aromatic heterocycles. The SMILES string of the molecule is Cc1ccc(-c2cn3c(n2)CNCC3)c(C)c1. The summed E-state index contributed by atoms with van der Waals surface area (Å²) in [6.45, 7) is 7.21. The molecule has 3 nitrogen and oxygen atoms in total. The van der Waals surface area contributed by atoms with E-state index >= 15 is 0 Å². The molecule has 0 unspecified atom stereocenters. The van der Waals surface area contributed by atoms with Gasteiger partial charge in [0.1, 0.15) is 5.82 Å². The van der Waals surface area contributed by atoms with Gasteiger partial charge in [-0.05, 0) is 19.4 Å². The molecule has 17 heavy (non-hydrogen) atoms. The largest absolute Gasteiger partial charge is 0.332 e. The molecule has 2 heterocycles. The first kappa shape index (κ1) is 10.5. The van der Waals surface area contributed by atoms with Gasteiger partial charge in [-0.1, -0.05) is 23.8 Å². The highest BCUT2D eigenvalue weighted by atomic mass is 15.1. The second kappa shape index (κ2) is 4.00. The molecule has 0 aliphatic carbocycles. The monoisotopic (exact) mass is 227 g/mol. The van der Waals surface area contributed by atoms with Crippen molar-refractivity contribution >= 4 is 0 Å². The lowest BCUT2D eigenvalue weighted by Crippen LogP contribution is -2.27. The number of nitrogens with one attached hydrogen (secondary N) is 1. The van der Waals surface area contributed by atoms with Crippen LogP contribution in [0.15, 0.2) is 24.4 Å². The van der Waals surface area contributed by atoms with Gasteiger partial charge in [0, 0.05) is 24.8 Å². The molecule has 88 valence electrons. The fourth-order valence-electron chi connectivity index (χ4n) is 2.42. The predicted molar refractivity (Wildman–Crippen MR) is 68.8 cm³/mol. The molecule has 0 fully saturated rings. The summed E-state index contributed by atoms with van der Waals surface area (Å²) in [6.07, 6.45) is 2.17. The van der Waals surface area contributed by atoms with Gasteiger partial charge in [-0.2, -0.15) is 0 Å². The molecule has 1 aliphatic heterocycles. The Morgan fingerprint density at radius 1 is 1.29 bits per heavy atom. The van der Waals surface area contributed by atoms with Crippen molar-refractivity contribution in [1.82, 2.24) is 14.9 Å². The third kappa shape index (κ3) is 1.87. The van der Waals surface area contributed by atoms with Crippen LogP contribution in [0.1, 0.15) is 17.0 Å². The van der Waals surface area contributed by atoms with E-state index in [1.165, 1.54) is 16.7 Å². The first-order valence-electron chi connectivity index (χ1n) is 6.08. The van der Waals surface area contributed by atoms with Crippen LogP contribution in [-0.4, -0.2) is 16.1 Å². The Morgan fingerprint density at radius 3 is 2.94 bits per heavy atom. The number of hydrogen-bond acceptors (Lipinski definition) is 2. The number of aromatic nitrogens is 2. The minimum Gasteiger partial charge on any atom is -0.332 e. The van der Waals surface area contributed by atoms with E-state index in [9.17, 15) is 0 Å². The van der Waals surface area contributed by atoms with E-state index in [0.717, 1.165) is 31.2 Å². The van der Waals surface area contributed by atoms with Crippen molar-refractivity contribution in [3.63, 3.8) is 0 Å². The van der Waals surface area contributed by atoms with E-state index in [-0.39, 0.29) is 0 Å². The summed E-state index contributed by atoms with van der Waals surface area (Å²) < 4.78 is 2.26. The van der Waals surface area contributed by atoms with Crippen molar-refractivity contribution in [2.24, 2.45) is 0 Å². The molecule has 3 rings (SSSR count). The zero-order valence-corrected chi connectivity index (χ0v) is 10.3. The Morgan fingerprint density at radius 2 is 2.18 bits per heavy atom. The Balaban J connectivity index is 2.06. The molecule has 0 saturated carbocycles. The molecule has 1 aliphatic rings. The second-order valence-electron chi connectivity index (χ2n) is 4.73. The van der Waals surface area contributed by atoms with Crippen LogP contribution < -0.4 is 5.32 Å². The van der Waals surface area contributed by atoms with Crippen molar-refractivity contribution < 1.29 is 0 Å². The van der Waals surface area contributed by atoms with Crippen LogP contribution in [0.3, 0.4) is 0 Å². The standard InChI is InChI=1S/C14H17N3/c1-10-3-4-12(11(2)7-10)13-9-17-6-5-15-8-14(17)16-13/h3-4,7,9,15H,5-6,8H2,1-2H3. The molecule has 0 bridgehead atoms.